The van der Waals surface area contributed by atoms with Gasteiger partial charge in [-0.2, -0.15) is 0 Å². The van der Waals surface area contributed by atoms with E-state index < -0.39 is 18.5 Å². The summed E-state index contributed by atoms with van der Waals surface area (Å²) in [6.45, 7) is 1.82. The second kappa shape index (κ2) is 16.4. The Morgan fingerprint density at radius 1 is 0.778 bits per heavy atom. The van der Waals surface area contributed by atoms with E-state index in [4.69, 9.17) is 9.47 Å². The van der Waals surface area contributed by atoms with Crippen LogP contribution in [0.1, 0.15) is 27.5 Å². The van der Waals surface area contributed by atoms with Crippen molar-refractivity contribution in [1.29, 1.82) is 0 Å². The molecule has 1 heterocycles. The molecular formula is C35H34N3NaO6. The first kappa shape index (κ1) is 33.9. The van der Waals surface area contributed by atoms with Crippen molar-refractivity contribution in [1.82, 2.24) is 9.80 Å². The second-order valence-corrected chi connectivity index (χ2v) is 10.5. The fraction of sp³-hybridized carbons (Fsp3) is 0.229. The number of hydrogen-bond donors (Lipinski definition) is 1. The van der Waals surface area contributed by atoms with Crippen molar-refractivity contribution >= 4 is 23.5 Å². The summed E-state index contributed by atoms with van der Waals surface area (Å²) in [7, 11) is 1.57. The number of carboxylic acids is 1. The van der Waals surface area contributed by atoms with Gasteiger partial charge in [-0.05, 0) is 46.5 Å². The quantitative estimate of drug-likeness (QED) is 0.247. The van der Waals surface area contributed by atoms with Crippen LogP contribution in [0.2, 0.25) is 0 Å². The second-order valence-electron chi connectivity index (χ2n) is 10.5. The van der Waals surface area contributed by atoms with Crippen molar-refractivity contribution in [3.05, 3.63) is 120 Å². The Hall–Kier alpha value is -3.99. The van der Waals surface area contributed by atoms with Crippen LogP contribution < -0.4 is 44.7 Å². The van der Waals surface area contributed by atoms with E-state index in [0.29, 0.717) is 37.5 Å². The van der Waals surface area contributed by atoms with E-state index in [0.717, 1.165) is 5.56 Å². The average Bonchev–Trinajstić information content (AvgIpc) is 3.06. The van der Waals surface area contributed by atoms with E-state index >= 15 is 0 Å². The van der Waals surface area contributed by atoms with Gasteiger partial charge >= 0.3 is 29.6 Å². The van der Waals surface area contributed by atoms with Gasteiger partial charge in [0.1, 0.15) is 19.0 Å². The first-order valence-electron chi connectivity index (χ1n) is 14.4. The first-order chi connectivity index (χ1) is 21.4. The largest absolute Gasteiger partial charge is 1.00 e. The van der Waals surface area contributed by atoms with Crippen molar-refractivity contribution in [2.24, 2.45) is 0 Å². The Labute approximate surface area is 285 Å². The number of carbonyl (C=O) groups excluding carboxylic acids is 3. The van der Waals surface area contributed by atoms with Crippen molar-refractivity contribution in [3.63, 3.8) is 0 Å². The van der Waals surface area contributed by atoms with Crippen LogP contribution in [-0.2, 0) is 14.3 Å². The number of nitrogens with zero attached hydrogens (tertiary/aromatic N) is 2. The number of carbonyl (C=O) groups is 3. The number of amides is 2. The molecule has 5 rings (SSSR count). The molecule has 1 aliphatic rings. The summed E-state index contributed by atoms with van der Waals surface area (Å²) in [4.78, 5) is 41.4. The van der Waals surface area contributed by atoms with Crippen LogP contribution in [0.5, 0.6) is 5.75 Å². The number of piperazine rings is 1. The summed E-state index contributed by atoms with van der Waals surface area (Å²) in [5.41, 5.74) is 3.75. The van der Waals surface area contributed by atoms with Crippen LogP contribution in [0.15, 0.2) is 103 Å². The predicted molar refractivity (Wildman–Crippen MR) is 165 cm³/mol. The topological polar surface area (TPSA) is 111 Å². The third kappa shape index (κ3) is 8.81. The van der Waals surface area contributed by atoms with Gasteiger partial charge in [-0.25, -0.2) is 0 Å². The van der Waals surface area contributed by atoms with Gasteiger partial charge in [-0.1, -0.05) is 78.9 Å². The minimum Gasteiger partial charge on any atom is -0.545 e. The van der Waals surface area contributed by atoms with E-state index in [-0.39, 0.29) is 59.4 Å². The van der Waals surface area contributed by atoms with Crippen molar-refractivity contribution < 1.29 is 58.5 Å². The van der Waals surface area contributed by atoms with Crippen LogP contribution in [0.3, 0.4) is 0 Å². The molecule has 0 atom stereocenters. The smallest absolute Gasteiger partial charge is 0.545 e. The standard InChI is InChI=1S/C35H35N3O6.Na/c1-43-29-15-12-25(13-16-29)28-14-17-31(30(22-28)35(41)42)36-32(39)23-44-24-33(40)37-18-20-38(21-19-37)34(26-8-4-2-5-9-26)27-10-6-3-7-11-27;/h2-17,22,34H,18-21,23-24H2,1H3,(H,36,39)(H,41,42);/q;+1/p-1. The molecule has 1 N–H and O–H groups in total. The molecule has 0 saturated carbocycles. The molecule has 0 aliphatic carbocycles. The molecule has 0 unspecified atom stereocenters. The van der Waals surface area contributed by atoms with E-state index in [2.05, 4.69) is 34.5 Å². The maximum atomic E-state index is 12.9. The maximum absolute atomic E-state index is 12.9. The molecule has 45 heavy (non-hydrogen) atoms. The van der Waals surface area contributed by atoms with Gasteiger partial charge in [0.2, 0.25) is 11.8 Å². The summed E-state index contributed by atoms with van der Waals surface area (Å²) < 4.78 is 10.6. The van der Waals surface area contributed by atoms with Crippen LogP contribution >= 0.6 is 0 Å². The average molecular weight is 616 g/mol. The Morgan fingerprint density at radius 2 is 1.36 bits per heavy atom. The summed E-state index contributed by atoms with van der Waals surface area (Å²) >= 11 is 0. The fourth-order valence-electron chi connectivity index (χ4n) is 5.41. The number of carboxylic acid groups (broad SMARTS) is 1. The molecule has 9 nitrogen and oxygen atoms in total. The number of hydrogen-bond acceptors (Lipinski definition) is 7. The minimum atomic E-state index is -1.42. The minimum absolute atomic E-state index is 0. The van der Waals surface area contributed by atoms with Crippen molar-refractivity contribution in [2.75, 3.05) is 51.8 Å². The summed E-state index contributed by atoms with van der Waals surface area (Å²) in [6, 6.07) is 32.6. The SMILES string of the molecule is COc1ccc(-c2ccc(NC(=O)COCC(=O)N3CCN(C(c4ccccc4)c4ccccc4)CC3)c(C(=O)[O-])c2)cc1.[Na+]. The zero-order chi connectivity index (χ0) is 30.9. The van der Waals surface area contributed by atoms with Gasteiger partial charge in [-0.15, -0.1) is 0 Å². The van der Waals surface area contributed by atoms with Crippen LogP contribution in [-0.4, -0.2) is 74.1 Å². The first-order valence-corrected chi connectivity index (χ1v) is 14.4. The van der Waals surface area contributed by atoms with E-state index in [1.807, 2.05) is 36.4 Å². The summed E-state index contributed by atoms with van der Waals surface area (Å²) in [5, 5.41) is 14.4. The Bertz CT molecular complexity index is 1540. The van der Waals surface area contributed by atoms with Crippen LogP contribution in [0.25, 0.3) is 11.1 Å². The number of benzene rings is 4. The molecule has 0 spiro atoms. The number of rotatable bonds is 11. The van der Waals surface area contributed by atoms with Crippen LogP contribution in [0, 0.1) is 0 Å². The predicted octanol–water partition coefficient (Wildman–Crippen LogP) is 0.619. The molecule has 0 aromatic heterocycles. The molecule has 2 amide bonds. The van der Waals surface area contributed by atoms with Gasteiger partial charge in [0.05, 0.1) is 19.1 Å². The third-order valence-corrected chi connectivity index (χ3v) is 7.66. The van der Waals surface area contributed by atoms with Crippen molar-refractivity contribution in [2.45, 2.75) is 6.04 Å². The summed E-state index contributed by atoms with van der Waals surface area (Å²) in [6.07, 6.45) is 0. The fourth-order valence-corrected chi connectivity index (χ4v) is 5.41. The number of aromatic carboxylic acids is 1. The van der Waals surface area contributed by atoms with Gasteiger partial charge in [0.25, 0.3) is 0 Å². The van der Waals surface area contributed by atoms with E-state index in [9.17, 15) is 19.5 Å². The maximum Gasteiger partial charge on any atom is 1.00 e. The van der Waals surface area contributed by atoms with Gasteiger partial charge in [0, 0.05) is 37.4 Å². The Morgan fingerprint density at radius 3 is 1.91 bits per heavy atom. The van der Waals surface area contributed by atoms with Crippen LogP contribution in [0.4, 0.5) is 5.69 Å². The molecule has 4 aromatic rings. The Kier molecular flexibility index (Phi) is 12.3. The number of methoxy groups -OCH3 is 1. The number of nitrogens with one attached hydrogen (secondary N) is 1. The normalized spacial score (nSPS) is 13.2. The molecule has 1 aliphatic heterocycles. The molecule has 1 saturated heterocycles. The van der Waals surface area contributed by atoms with E-state index in [1.54, 1.807) is 42.3 Å². The van der Waals surface area contributed by atoms with Gasteiger partial charge < -0.3 is 29.6 Å². The van der Waals surface area contributed by atoms with E-state index in [1.165, 1.54) is 23.3 Å². The number of anilines is 1. The Balaban J connectivity index is 0.00000461. The molecule has 4 aromatic carbocycles. The van der Waals surface area contributed by atoms with Crippen molar-refractivity contribution in [3.8, 4) is 16.9 Å². The van der Waals surface area contributed by atoms with Gasteiger partial charge in [-0.3, -0.25) is 14.5 Å². The third-order valence-electron chi connectivity index (χ3n) is 7.66. The molecule has 0 radical (unpaired) electrons. The zero-order valence-corrected chi connectivity index (χ0v) is 27.5. The molecule has 226 valence electrons. The molecule has 1 fully saturated rings. The molecule has 0 bridgehead atoms. The zero-order valence-electron chi connectivity index (χ0n) is 25.5. The molecular weight excluding hydrogens is 581 g/mol. The summed E-state index contributed by atoms with van der Waals surface area (Å²) in [5.74, 6) is -1.52. The number of ether oxygens (including phenoxy) is 2. The monoisotopic (exact) mass is 615 g/mol. The van der Waals surface area contributed by atoms with Gasteiger partial charge in [0.15, 0.2) is 0 Å². The molecule has 10 heteroatoms.